The molecular weight excluding hydrogens is 256 g/mol. The zero-order valence-electron chi connectivity index (χ0n) is 13.6. The fourth-order valence-corrected chi connectivity index (χ4v) is 3.33. The van der Waals surface area contributed by atoms with Gasteiger partial charge in [-0.1, -0.05) is 56.7 Å². The normalized spacial score (nSPS) is 24.3. The molecule has 0 bridgehead atoms. The molecule has 1 aliphatic carbocycles. The van der Waals surface area contributed by atoms with Crippen molar-refractivity contribution in [3.63, 3.8) is 0 Å². The Bertz CT molecular complexity index is 424. The quantitative estimate of drug-likeness (QED) is 0.659. The Kier molecular flexibility index (Phi) is 6.50. The molecule has 1 aliphatic rings. The second-order valence-corrected chi connectivity index (χ2v) is 6.42. The summed E-state index contributed by atoms with van der Waals surface area (Å²) < 4.78 is 0. The smallest absolute Gasteiger partial charge is 0.0787 e. The van der Waals surface area contributed by atoms with Crippen LogP contribution in [-0.4, -0.2) is 5.11 Å². The lowest BCUT2D eigenvalue weighted by Crippen LogP contribution is -2.11. The highest BCUT2D eigenvalue weighted by molar-refractivity contribution is 5.27. The van der Waals surface area contributed by atoms with Gasteiger partial charge in [-0.2, -0.15) is 0 Å². The van der Waals surface area contributed by atoms with Crippen molar-refractivity contribution in [2.45, 2.75) is 70.8 Å². The van der Waals surface area contributed by atoms with Gasteiger partial charge in [0.25, 0.3) is 0 Å². The molecule has 2 rings (SSSR count). The number of rotatable bonds is 6. The minimum absolute atomic E-state index is 0.307. The van der Waals surface area contributed by atoms with Crippen LogP contribution in [0.1, 0.15) is 81.9 Å². The average molecular weight is 286 g/mol. The fraction of sp³-hybridized carbons (Fsp3) is 0.600. The Morgan fingerprint density at radius 1 is 1.10 bits per heavy atom. The van der Waals surface area contributed by atoms with E-state index in [2.05, 4.69) is 43.3 Å². The second-order valence-electron chi connectivity index (χ2n) is 6.42. The zero-order chi connectivity index (χ0) is 15.1. The second kappa shape index (κ2) is 8.38. The lowest BCUT2D eigenvalue weighted by molar-refractivity contribution is 0.173. The van der Waals surface area contributed by atoms with Crippen LogP contribution in [-0.2, 0) is 0 Å². The Morgan fingerprint density at radius 3 is 2.33 bits per heavy atom. The molecule has 0 saturated heterocycles. The molecule has 0 aromatic heterocycles. The molecule has 0 amide bonds. The Morgan fingerprint density at radius 2 is 1.76 bits per heavy atom. The van der Waals surface area contributed by atoms with E-state index < -0.39 is 0 Å². The molecule has 0 aliphatic heterocycles. The summed E-state index contributed by atoms with van der Waals surface area (Å²) >= 11 is 0. The van der Waals surface area contributed by atoms with E-state index in [1.807, 2.05) is 6.92 Å². The van der Waals surface area contributed by atoms with Crippen LogP contribution in [0.3, 0.4) is 0 Å². The van der Waals surface area contributed by atoms with E-state index in [4.69, 9.17) is 0 Å². The standard InChI is InChI=1S/C20H30O/c1-3-5-6-7-16-8-10-17(11-9-16)18-12-14-19(15-13-18)20(21)4-2/h6-7,12-17,20-21H,3-5,8-11H2,1-2H3/b7-6+/t16-,17-,20?. The van der Waals surface area contributed by atoms with Crippen LogP contribution in [0.2, 0.25) is 0 Å². The van der Waals surface area contributed by atoms with Gasteiger partial charge >= 0.3 is 0 Å². The van der Waals surface area contributed by atoms with Crippen molar-refractivity contribution in [1.82, 2.24) is 0 Å². The first kappa shape index (κ1) is 16.3. The van der Waals surface area contributed by atoms with Crippen LogP contribution < -0.4 is 0 Å². The van der Waals surface area contributed by atoms with Crippen LogP contribution in [0.4, 0.5) is 0 Å². The monoisotopic (exact) mass is 286 g/mol. The third-order valence-electron chi connectivity index (χ3n) is 4.81. The summed E-state index contributed by atoms with van der Waals surface area (Å²) in [5, 5.41) is 9.86. The summed E-state index contributed by atoms with van der Waals surface area (Å²) in [5.41, 5.74) is 2.51. The molecule has 1 heteroatoms. The summed E-state index contributed by atoms with van der Waals surface area (Å²) in [6.07, 6.45) is 13.0. The van der Waals surface area contributed by atoms with Gasteiger partial charge in [0, 0.05) is 0 Å². The highest BCUT2D eigenvalue weighted by atomic mass is 16.3. The van der Waals surface area contributed by atoms with E-state index in [-0.39, 0.29) is 6.10 Å². The maximum absolute atomic E-state index is 9.86. The average Bonchev–Trinajstić information content (AvgIpc) is 2.55. The maximum Gasteiger partial charge on any atom is 0.0787 e. The first-order valence-corrected chi connectivity index (χ1v) is 8.69. The molecule has 0 spiro atoms. The molecule has 1 atom stereocenters. The number of hydrogen-bond acceptors (Lipinski definition) is 1. The SMILES string of the molecule is CCC/C=C/[C@H]1CC[C@H](c2ccc(C(O)CC)cc2)CC1. The highest BCUT2D eigenvalue weighted by Crippen LogP contribution is 2.36. The molecule has 1 saturated carbocycles. The van der Waals surface area contributed by atoms with Crippen LogP contribution in [0.15, 0.2) is 36.4 Å². The third kappa shape index (κ3) is 4.71. The van der Waals surface area contributed by atoms with E-state index in [0.29, 0.717) is 5.92 Å². The Hall–Kier alpha value is -1.08. The van der Waals surface area contributed by atoms with E-state index in [9.17, 15) is 5.11 Å². The highest BCUT2D eigenvalue weighted by Gasteiger charge is 2.20. The van der Waals surface area contributed by atoms with Crippen molar-refractivity contribution in [3.05, 3.63) is 47.5 Å². The number of unbranched alkanes of at least 4 members (excludes halogenated alkanes) is 1. The molecule has 1 unspecified atom stereocenters. The summed E-state index contributed by atoms with van der Waals surface area (Å²) in [6, 6.07) is 8.67. The molecule has 1 aromatic rings. The van der Waals surface area contributed by atoms with E-state index in [1.54, 1.807) is 0 Å². The van der Waals surface area contributed by atoms with Crippen molar-refractivity contribution in [3.8, 4) is 0 Å². The topological polar surface area (TPSA) is 20.2 Å². The molecule has 1 N–H and O–H groups in total. The van der Waals surface area contributed by atoms with Crippen molar-refractivity contribution in [1.29, 1.82) is 0 Å². The summed E-state index contributed by atoms with van der Waals surface area (Å²) in [6.45, 7) is 4.26. The van der Waals surface area contributed by atoms with Gasteiger partial charge in [0.15, 0.2) is 0 Å². The van der Waals surface area contributed by atoms with E-state index in [1.165, 1.54) is 44.1 Å². The Balaban J connectivity index is 1.87. The zero-order valence-corrected chi connectivity index (χ0v) is 13.6. The number of aliphatic hydroxyl groups is 1. The van der Waals surface area contributed by atoms with Gasteiger partial charge in [-0.3, -0.25) is 0 Å². The molecule has 21 heavy (non-hydrogen) atoms. The molecule has 0 heterocycles. The van der Waals surface area contributed by atoms with Gasteiger partial charge in [0.2, 0.25) is 0 Å². The third-order valence-corrected chi connectivity index (χ3v) is 4.81. The van der Waals surface area contributed by atoms with Gasteiger partial charge in [0.05, 0.1) is 6.10 Å². The van der Waals surface area contributed by atoms with Crippen molar-refractivity contribution in [2.24, 2.45) is 5.92 Å². The molecule has 1 aromatic carbocycles. The van der Waals surface area contributed by atoms with E-state index >= 15 is 0 Å². The van der Waals surface area contributed by atoms with Crippen LogP contribution >= 0.6 is 0 Å². The van der Waals surface area contributed by atoms with E-state index in [0.717, 1.165) is 17.9 Å². The molecular formula is C20H30O. The first-order valence-electron chi connectivity index (χ1n) is 8.69. The van der Waals surface area contributed by atoms with Gasteiger partial charge in [-0.25, -0.2) is 0 Å². The van der Waals surface area contributed by atoms with Gasteiger partial charge in [0.1, 0.15) is 0 Å². The maximum atomic E-state index is 9.86. The molecule has 1 fully saturated rings. The molecule has 0 radical (unpaired) electrons. The number of aliphatic hydroxyl groups excluding tert-OH is 1. The Labute approximate surface area is 130 Å². The fourth-order valence-electron chi connectivity index (χ4n) is 3.33. The lowest BCUT2D eigenvalue weighted by Gasteiger charge is -2.27. The minimum atomic E-state index is -0.307. The first-order chi connectivity index (χ1) is 10.2. The predicted octanol–water partition coefficient (Wildman–Crippen LogP) is 5.76. The number of allylic oxidation sites excluding steroid dienone is 2. The minimum Gasteiger partial charge on any atom is -0.388 e. The molecule has 1 nitrogen and oxygen atoms in total. The number of hydrogen-bond donors (Lipinski definition) is 1. The van der Waals surface area contributed by atoms with Gasteiger partial charge < -0.3 is 5.11 Å². The van der Waals surface area contributed by atoms with Gasteiger partial charge in [-0.15, -0.1) is 0 Å². The molecule has 116 valence electrons. The van der Waals surface area contributed by atoms with Crippen molar-refractivity contribution in [2.75, 3.05) is 0 Å². The summed E-state index contributed by atoms with van der Waals surface area (Å²) in [5.74, 6) is 1.52. The number of benzene rings is 1. The summed E-state index contributed by atoms with van der Waals surface area (Å²) in [4.78, 5) is 0. The van der Waals surface area contributed by atoms with Crippen molar-refractivity contribution >= 4 is 0 Å². The summed E-state index contributed by atoms with van der Waals surface area (Å²) in [7, 11) is 0. The van der Waals surface area contributed by atoms with Crippen molar-refractivity contribution < 1.29 is 5.11 Å². The largest absolute Gasteiger partial charge is 0.388 e. The van der Waals surface area contributed by atoms with Crippen LogP contribution in [0.5, 0.6) is 0 Å². The van der Waals surface area contributed by atoms with Crippen LogP contribution in [0, 0.1) is 5.92 Å². The van der Waals surface area contributed by atoms with Crippen LogP contribution in [0.25, 0.3) is 0 Å². The lowest BCUT2D eigenvalue weighted by atomic mass is 9.78. The predicted molar refractivity (Wildman–Crippen MR) is 90.4 cm³/mol. The van der Waals surface area contributed by atoms with Gasteiger partial charge in [-0.05, 0) is 61.5 Å².